The number of hydrogen-bond acceptors (Lipinski definition) is 6. The molecule has 1 N–H and O–H groups in total. The van der Waals surface area contributed by atoms with Gasteiger partial charge in [0, 0.05) is 17.7 Å². The summed E-state index contributed by atoms with van der Waals surface area (Å²) in [4.78, 5) is 12.6. The smallest absolute Gasteiger partial charge is 0.251 e. The van der Waals surface area contributed by atoms with E-state index >= 15 is 0 Å². The normalized spacial score (nSPS) is 10.8. The van der Waals surface area contributed by atoms with Crippen LogP contribution in [0.3, 0.4) is 0 Å². The zero-order chi connectivity index (χ0) is 20.8. The van der Waals surface area contributed by atoms with Crippen LogP contribution < -0.4 is 14.8 Å². The number of carbonyl (C=O) groups is 1. The lowest BCUT2D eigenvalue weighted by Gasteiger charge is -2.11. The maximum atomic E-state index is 12.6. The van der Waals surface area contributed by atoms with Crippen LogP contribution in [0.4, 0.5) is 0 Å². The van der Waals surface area contributed by atoms with Crippen LogP contribution in [0, 0.1) is 0 Å². The van der Waals surface area contributed by atoms with E-state index in [-0.39, 0.29) is 11.9 Å². The second-order valence-corrected chi connectivity index (χ2v) is 6.82. The minimum Gasteiger partial charge on any atom is -0.493 e. The van der Waals surface area contributed by atoms with Gasteiger partial charge in [0.2, 0.25) is 0 Å². The second-order valence-electron chi connectivity index (χ2n) is 6.82. The molecular weight excluding hydrogens is 370 g/mol. The Bertz CT molecular complexity index is 984. The van der Waals surface area contributed by atoms with Crippen molar-refractivity contribution >= 4 is 5.91 Å². The maximum Gasteiger partial charge on any atom is 0.251 e. The van der Waals surface area contributed by atoms with E-state index in [4.69, 9.17) is 9.47 Å². The fourth-order valence-electron chi connectivity index (χ4n) is 2.99. The number of carbonyl (C=O) groups excluding carboxylic acids is 1. The molecular formula is C21H25N5O3. The molecule has 0 saturated carbocycles. The quantitative estimate of drug-likeness (QED) is 0.631. The van der Waals surface area contributed by atoms with Crippen molar-refractivity contribution in [3.8, 4) is 22.9 Å². The van der Waals surface area contributed by atoms with Crippen LogP contribution in [-0.4, -0.2) is 46.9 Å². The zero-order valence-electron chi connectivity index (χ0n) is 17.0. The number of methoxy groups -OCH3 is 2. The average Bonchev–Trinajstić information content (AvgIpc) is 3.24. The van der Waals surface area contributed by atoms with E-state index in [1.165, 1.54) is 0 Å². The summed E-state index contributed by atoms with van der Waals surface area (Å²) >= 11 is 0. The number of hydrogen-bond donors (Lipinski definition) is 1. The zero-order valence-corrected chi connectivity index (χ0v) is 17.0. The van der Waals surface area contributed by atoms with E-state index in [0.29, 0.717) is 35.9 Å². The number of ether oxygens (including phenoxy) is 2. The summed E-state index contributed by atoms with van der Waals surface area (Å²) in [5.41, 5.74) is 2.41. The summed E-state index contributed by atoms with van der Waals surface area (Å²) in [6.45, 7) is 4.51. The van der Waals surface area contributed by atoms with Crippen LogP contribution in [0.15, 0.2) is 42.5 Å². The highest BCUT2D eigenvalue weighted by Crippen LogP contribution is 2.27. The molecule has 8 heteroatoms. The van der Waals surface area contributed by atoms with Gasteiger partial charge in [0.15, 0.2) is 17.3 Å². The molecule has 0 aliphatic carbocycles. The number of nitrogens with zero attached hydrogens (tertiary/aromatic N) is 4. The van der Waals surface area contributed by atoms with Crippen LogP contribution in [0.2, 0.25) is 0 Å². The molecule has 0 bridgehead atoms. The number of amides is 1. The SMILES string of the molecule is COc1ccc(CCNC(=O)c2cccc(-c3nnnn3C(C)C)c2)cc1OC. The van der Waals surface area contributed by atoms with Crippen LogP contribution >= 0.6 is 0 Å². The third-order valence-electron chi connectivity index (χ3n) is 4.51. The van der Waals surface area contributed by atoms with Crippen molar-refractivity contribution in [2.24, 2.45) is 0 Å². The fourth-order valence-corrected chi connectivity index (χ4v) is 2.99. The van der Waals surface area contributed by atoms with E-state index in [2.05, 4.69) is 20.8 Å². The standard InChI is InChI=1S/C21H25N5O3/c1-14(2)26-20(23-24-25-26)16-6-5-7-17(13-16)21(27)22-11-10-15-8-9-18(28-3)19(12-15)29-4/h5-9,12-14H,10-11H2,1-4H3,(H,22,27). The lowest BCUT2D eigenvalue weighted by Crippen LogP contribution is -2.25. The van der Waals surface area contributed by atoms with Gasteiger partial charge in [-0.15, -0.1) is 5.10 Å². The molecule has 0 unspecified atom stereocenters. The first-order chi connectivity index (χ1) is 14.0. The van der Waals surface area contributed by atoms with E-state index in [9.17, 15) is 4.79 Å². The number of tetrazole rings is 1. The first kappa shape index (κ1) is 20.3. The molecule has 3 rings (SSSR count). The summed E-state index contributed by atoms with van der Waals surface area (Å²) in [7, 11) is 3.21. The minimum atomic E-state index is -0.143. The maximum absolute atomic E-state index is 12.6. The Morgan fingerprint density at radius 2 is 1.90 bits per heavy atom. The molecule has 29 heavy (non-hydrogen) atoms. The highest BCUT2D eigenvalue weighted by molar-refractivity contribution is 5.95. The van der Waals surface area contributed by atoms with Gasteiger partial charge in [0.1, 0.15) is 0 Å². The fraction of sp³-hybridized carbons (Fsp3) is 0.333. The summed E-state index contributed by atoms with van der Waals surface area (Å²) < 4.78 is 12.3. The lowest BCUT2D eigenvalue weighted by atomic mass is 10.1. The number of rotatable bonds is 8. The Labute approximate surface area is 169 Å². The highest BCUT2D eigenvalue weighted by atomic mass is 16.5. The topological polar surface area (TPSA) is 91.2 Å². The van der Waals surface area contributed by atoms with Crippen LogP contribution in [0.1, 0.15) is 35.8 Å². The molecule has 3 aromatic rings. The van der Waals surface area contributed by atoms with Gasteiger partial charge >= 0.3 is 0 Å². The molecule has 2 aromatic carbocycles. The molecule has 8 nitrogen and oxygen atoms in total. The monoisotopic (exact) mass is 395 g/mol. The van der Waals surface area contributed by atoms with Crippen molar-refractivity contribution in [3.63, 3.8) is 0 Å². The molecule has 0 spiro atoms. The minimum absolute atomic E-state index is 0.124. The molecule has 1 heterocycles. The van der Waals surface area contributed by atoms with E-state index in [1.807, 2.05) is 44.2 Å². The summed E-state index contributed by atoms with van der Waals surface area (Å²) in [6.07, 6.45) is 0.678. The Balaban J connectivity index is 1.65. The Kier molecular flexibility index (Phi) is 6.43. The average molecular weight is 395 g/mol. The summed E-state index contributed by atoms with van der Waals surface area (Å²) in [5, 5.41) is 14.8. The molecule has 0 aliphatic heterocycles. The third-order valence-corrected chi connectivity index (χ3v) is 4.51. The lowest BCUT2D eigenvalue weighted by molar-refractivity contribution is 0.0954. The number of benzene rings is 2. The van der Waals surface area contributed by atoms with E-state index in [0.717, 1.165) is 11.1 Å². The van der Waals surface area contributed by atoms with Crippen molar-refractivity contribution < 1.29 is 14.3 Å². The third kappa shape index (κ3) is 4.71. The Morgan fingerprint density at radius 3 is 2.62 bits per heavy atom. The van der Waals surface area contributed by atoms with Gasteiger partial charge in [0.05, 0.1) is 20.3 Å². The predicted octanol–water partition coefficient (Wildman–Crippen LogP) is 2.91. The van der Waals surface area contributed by atoms with Gasteiger partial charge in [-0.25, -0.2) is 4.68 Å². The first-order valence-electron chi connectivity index (χ1n) is 9.41. The van der Waals surface area contributed by atoms with Crippen LogP contribution in [0.5, 0.6) is 11.5 Å². The summed E-state index contributed by atoms with van der Waals surface area (Å²) in [5.74, 6) is 1.85. The van der Waals surface area contributed by atoms with E-state index < -0.39 is 0 Å². The molecule has 1 aromatic heterocycles. The number of aromatic nitrogens is 4. The molecule has 152 valence electrons. The second kappa shape index (κ2) is 9.18. The Morgan fingerprint density at radius 1 is 1.10 bits per heavy atom. The van der Waals surface area contributed by atoms with Gasteiger partial charge in [-0.3, -0.25) is 4.79 Å². The van der Waals surface area contributed by atoms with Crippen LogP contribution in [-0.2, 0) is 6.42 Å². The van der Waals surface area contributed by atoms with Crippen molar-refractivity contribution in [3.05, 3.63) is 53.6 Å². The van der Waals surface area contributed by atoms with Crippen molar-refractivity contribution in [1.29, 1.82) is 0 Å². The summed E-state index contributed by atoms with van der Waals surface area (Å²) in [6, 6.07) is 13.2. The van der Waals surface area contributed by atoms with Gasteiger partial charge in [-0.2, -0.15) is 0 Å². The first-order valence-corrected chi connectivity index (χ1v) is 9.41. The van der Waals surface area contributed by atoms with Crippen LogP contribution in [0.25, 0.3) is 11.4 Å². The van der Waals surface area contributed by atoms with Gasteiger partial charge in [0.25, 0.3) is 5.91 Å². The largest absolute Gasteiger partial charge is 0.493 e. The van der Waals surface area contributed by atoms with Crippen molar-refractivity contribution in [2.45, 2.75) is 26.3 Å². The van der Waals surface area contributed by atoms with Crippen molar-refractivity contribution in [2.75, 3.05) is 20.8 Å². The molecule has 0 aliphatic rings. The molecule has 0 saturated heterocycles. The van der Waals surface area contributed by atoms with Gasteiger partial charge in [-0.1, -0.05) is 18.2 Å². The highest BCUT2D eigenvalue weighted by Gasteiger charge is 2.14. The Hall–Kier alpha value is -3.42. The molecule has 1 amide bonds. The molecule has 0 atom stereocenters. The van der Waals surface area contributed by atoms with Gasteiger partial charge in [-0.05, 0) is 60.5 Å². The number of nitrogens with one attached hydrogen (secondary N) is 1. The molecule has 0 fully saturated rings. The predicted molar refractivity (Wildman–Crippen MR) is 109 cm³/mol. The van der Waals surface area contributed by atoms with Gasteiger partial charge < -0.3 is 14.8 Å². The van der Waals surface area contributed by atoms with E-state index in [1.54, 1.807) is 31.0 Å². The molecule has 0 radical (unpaired) electrons. The van der Waals surface area contributed by atoms with Crippen molar-refractivity contribution in [1.82, 2.24) is 25.5 Å².